The first-order valence-electron chi connectivity index (χ1n) is 20.3. The molecule has 3 rings (SSSR count). The first kappa shape index (κ1) is 39.1. The van der Waals surface area contributed by atoms with Gasteiger partial charge in [0, 0.05) is 19.5 Å². The van der Waals surface area contributed by atoms with Gasteiger partial charge in [-0.15, -0.1) is 22.7 Å². The highest BCUT2D eigenvalue weighted by atomic mass is 32.1. The van der Waals surface area contributed by atoms with Crippen molar-refractivity contribution in [3.8, 4) is 9.75 Å². The van der Waals surface area contributed by atoms with Crippen molar-refractivity contribution in [3.63, 3.8) is 0 Å². The number of fused-ring (bicyclic) bond motifs is 3. The lowest BCUT2D eigenvalue weighted by molar-refractivity contribution is 0.430. The van der Waals surface area contributed by atoms with E-state index in [1.807, 2.05) is 10.4 Å². The van der Waals surface area contributed by atoms with Crippen molar-refractivity contribution in [1.29, 1.82) is 0 Å². The van der Waals surface area contributed by atoms with Crippen molar-refractivity contribution >= 4 is 41.1 Å². The van der Waals surface area contributed by atoms with E-state index in [4.69, 9.17) is 0 Å². The number of aryl methyl sites for hydroxylation is 2. The summed E-state index contributed by atoms with van der Waals surface area (Å²) in [4.78, 5) is 6.54. The third-order valence-corrected chi connectivity index (χ3v) is 18.9. The third kappa shape index (κ3) is 13.2. The molecule has 1 aliphatic rings. The van der Waals surface area contributed by atoms with Gasteiger partial charge in [-0.3, -0.25) is 0 Å². The number of rotatable bonds is 29. The molecule has 1 atom stereocenters. The molecular formula is C42H74S2Si. The van der Waals surface area contributed by atoms with Gasteiger partial charge in [-0.2, -0.15) is 0 Å². The van der Waals surface area contributed by atoms with Gasteiger partial charge in [-0.25, -0.2) is 0 Å². The molecule has 258 valence electrons. The number of thiophene rings is 2. The average molecular weight is 671 g/mol. The molecule has 2 aromatic heterocycles. The van der Waals surface area contributed by atoms with Gasteiger partial charge in [0.25, 0.3) is 0 Å². The molecule has 2 aromatic rings. The average Bonchev–Trinajstić information content (AvgIpc) is 3.67. The second kappa shape index (κ2) is 23.1. The Morgan fingerprint density at radius 2 is 0.800 bits per heavy atom. The van der Waals surface area contributed by atoms with E-state index in [0.29, 0.717) is 0 Å². The fourth-order valence-corrected chi connectivity index (χ4v) is 18.0. The zero-order valence-electron chi connectivity index (χ0n) is 30.8. The van der Waals surface area contributed by atoms with Crippen molar-refractivity contribution in [1.82, 2.24) is 0 Å². The van der Waals surface area contributed by atoms with Crippen molar-refractivity contribution in [3.05, 3.63) is 21.9 Å². The molecule has 0 amide bonds. The van der Waals surface area contributed by atoms with Crippen molar-refractivity contribution in [2.75, 3.05) is 0 Å². The smallest absolute Gasteiger partial charge is 0.122 e. The van der Waals surface area contributed by atoms with Crippen LogP contribution in [0.25, 0.3) is 9.75 Å². The van der Waals surface area contributed by atoms with Crippen LogP contribution in [0.4, 0.5) is 0 Å². The highest BCUT2D eigenvalue weighted by Crippen LogP contribution is 2.44. The monoisotopic (exact) mass is 671 g/mol. The lowest BCUT2D eigenvalue weighted by Gasteiger charge is -2.33. The van der Waals surface area contributed by atoms with E-state index < -0.39 is 8.07 Å². The van der Waals surface area contributed by atoms with Crippen LogP contribution < -0.4 is 10.4 Å². The zero-order valence-corrected chi connectivity index (χ0v) is 33.5. The molecule has 0 nitrogen and oxygen atoms in total. The molecule has 1 aliphatic heterocycles. The predicted octanol–water partition coefficient (Wildman–Crippen LogP) is 14.8. The molecule has 0 radical (unpaired) electrons. The molecule has 1 unspecified atom stereocenters. The Morgan fingerprint density at radius 1 is 0.467 bits per heavy atom. The Labute approximate surface area is 291 Å². The molecule has 0 aliphatic carbocycles. The van der Waals surface area contributed by atoms with Crippen LogP contribution in [-0.2, 0) is 0 Å². The van der Waals surface area contributed by atoms with Gasteiger partial charge >= 0.3 is 0 Å². The molecule has 3 heterocycles. The van der Waals surface area contributed by atoms with E-state index in [2.05, 4.69) is 69.4 Å². The van der Waals surface area contributed by atoms with Crippen LogP contribution in [0, 0.1) is 19.8 Å². The van der Waals surface area contributed by atoms with E-state index in [9.17, 15) is 0 Å². The fourth-order valence-electron chi connectivity index (χ4n) is 8.35. The summed E-state index contributed by atoms with van der Waals surface area (Å²) in [6.45, 7) is 11.8. The quantitative estimate of drug-likeness (QED) is 0.0597. The normalized spacial score (nSPS) is 14.2. The van der Waals surface area contributed by atoms with Crippen LogP contribution in [-0.4, -0.2) is 8.07 Å². The first-order chi connectivity index (χ1) is 22.1. The Morgan fingerprint density at radius 3 is 1.20 bits per heavy atom. The van der Waals surface area contributed by atoms with E-state index >= 15 is 0 Å². The highest BCUT2D eigenvalue weighted by Gasteiger charge is 2.48. The Bertz CT molecular complexity index is 970. The van der Waals surface area contributed by atoms with Crippen LogP contribution in [0.15, 0.2) is 12.1 Å². The molecule has 0 saturated heterocycles. The summed E-state index contributed by atoms with van der Waals surface area (Å²) >= 11 is 4.25. The second-order valence-electron chi connectivity index (χ2n) is 15.1. The summed E-state index contributed by atoms with van der Waals surface area (Å²) < 4.78 is 0. The Kier molecular flexibility index (Phi) is 20.0. The maximum Gasteiger partial charge on any atom is 0.122 e. The Balaban J connectivity index is 1.58. The summed E-state index contributed by atoms with van der Waals surface area (Å²) in [7, 11) is -1.73. The van der Waals surface area contributed by atoms with Gasteiger partial charge in [0.2, 0.25) is 0 Å². The summed E-state index contributed by atoms with van der Waals surface area (Å²) in [6.07, 6.45) is 37.7. The van der Waals surface area contributed by atoms with Crippen LogP contribution >= 0.6 is 22.7 Å². The van der Waals surface area contributed by atoms with Crippen molar-refractivity contribution in [2.24, 2.45) is 5.92 Å². The predicted molar refractivity (Wildman–Crippen MR) is 212 cm³/mol. The minimum absolute atomic E-state index is 0.936. The van der Waals surface area contributed by atoms with Crippen LogP contribution in [0.3, 0.4) is 0 Å². The van der Waals surface area contributed by atoms with Gasteiger partial charge in [0.1, 0.15) is 8.07 Å². The van der Waals surface area contributed by atoms with E-state index in [-0.39, 0.29) is 0 Å². The summed E-state index contributed by atoms with van der Waals surface area (Å²) in [5.41, 5.74) is 0. The van der Waals surface area contributed by atoms with Crippen LogP contribution in [0.1, 0.15) is 197 Å². The van der Waals surface area contributed by atoms with Crippen molar-refractivity contribution < 1.29 is 0 Å². The summed E-state index contributed by atoms with van der Waals surface area (Å²) in [5.74, 6) is 0.936. The minimum Gasteiger partial charge on any atom is -0.140 e. The Hall–Kier alpha value is -0.383. The zero-order chi connectivity index (χ0) is 32.2. The fraction of sp³-hybridized carbons (Fsp3) is 0.810. The van der Waals surface area contributed by atoms with Crippen molar-refractivity contribution in [2.45, 2.75) is 214 Å². The molecule has 0 saturated carbocycles. The molecule has 0 spiro atoms. The van der Waals surface area contributed by atoms with Gasteiger partial charge in [-0.05, 0) is 54.4 Å². The van der Waals surface area contributed by atoms with Crippen LogP contribution in [0.5, 0.6) is 0 Å². The lowest BCUT2D eigenvalue weighted by Crippen LogP contribution is -2.55. The minimum atomic E-state index is -1.73. The summed E-state index contributed by atoms with van der Waals surface area (Å²) in [6, 6.07) is 8.44. The number of unbranched alkanes of at least 4 members (excludes halogenated alkanes) is 21. The maximum atomic E-state index is 2.69. The largest absolute Gasteiger partial charge is 0.140 e. The first-order valence-corrected chi connectivity index (χ1v) is 24.3. The topological polar surface area (TPSA) is 0 Å². The molecular weight excluding hydrogens is 597 g/mol. The maximum absolute atomic E-state index is 2.69. The number of hydrogen-bond acceptors (Lipinski definition) is 2. The standard InChI is InChI=1S/C42H74S2Si/c1-6-9-12-15-17-18-19-20-21-22-23-24-26-29-32-45(39-33-36(4)43-41(39)42-40(45)34-37(5)44-42)35-38(30-27-14-11-8-3)31-28-25-16-13-10-7-2/h33-34,38H,6-32,35H2,1-5H3. The summed E-state index contributed by atoms with van der Waals surface area (Å²) in [5, 5.41) is 3.75. The van der Waals surface area contributed by atoms with Gasteiger partial charge in [0.15, 0.2) is 0 Å². The molecule has 45 heavy (non-hydrogen) atoms. The second-order valence-corrected chi connectivity index (χ2v) is 21.8. The van der Waals surface area contributed by atoms with Crippen LogP contribution in [0.2, 0.25) is 12.1 Å². The third-order valence-electron chi connectivity index (χ3n) is 11.0. The van der Waals surface area contributed by atoms with E-state index in [1.54, 1.807) is 25.6 Å². The highest BCUT2D eigenvalue weighted by molar-refractivity contribution is 7.29. The molecule has 3 heteroatoms. The van der Waals surface area contributed by atoms with E-state index in [1.165, 1.54) is 173 Å². The lowest BCUT2D eigenvalue weighted by atomic mass is 9.96. The van der Waals surface area contributed by atoms with Gasteiger partial charge in [0.05, 0.1) is 0 Å². The number of hydrogen-bond donors (Lipinski definition) is 0. The van der Waals surface area contributed by atoms with Gasteiger partial charge in [-0.1, -0.05) is 188 Å². The molecule has 0 fully saturated rings. The van der Waals surface area contributed by atoms with Gasteiger partial charge < -0.3 is 0 Å². The molecule has 0 aromatic carbocycles. The molecule has 0 bridgehead atoms. The molecule has 0 N–H and O–H groups in total. The SMILES string of the molecule is CCCCCCCCCCCCCCCC[Si]1(CC(CCCCCC)CCCCCCCC)c2cc(C)sc2-c2sc(C)cc21. The van der Waals surface area contributed by atoms with E-state index in [0.717, 1.165) is 5.92 Å².